The van der Waals surface area contributed by atoms with Crippen LogP contribution in [0.1, 0.15) is 6.92 Å². The molecule has 2 N–H and O–H groups in total. The maximum Gasteiger partial charge on any atom is 0.411 e. The lowest BCUT2D eigenvalue weighted by molar-refractivity contribution is 0.168. The molecular weight excluding hydrogens is 204 g/mol. The predicted molar refractivity (Wildman–Crippen MR) is 64.4 cm³/mol. The van der Waals surface area contributed by atoms with Gasteiger partial charge < -0.3 is 10.1 Å². The van der Waals surface area contributed by atoms with E-state index in [1.54, 1.807) is 19.1 Å². The van der Waals surface area contributed by atoms with Crippen molar-refractivity contribution in [1.29, 1.82) is 0 Å². The molecular formula is C12H14N2O2. The monoisotopic (exact) mass is 218 g/mol. The van der Waals surface area contributed by atoms with Gasteiger partial charge in [-0.3, -0.25) is 5.32 Å². The zero-order chi connectivity index (χ0) is 11.8. The summed E-state index contributed by atoms with van der Waals surface area (Å²) >= 11 is 0. The van der Waals surface area contributed by atoms with E-state index < -0.39 is 6.09 Å². The number of ether oxygens (including phenoxy) is 1. The number of terminal acetylenes is 1. The molecule has 0 aliphatic rings. The highest BCUT2D eigenvalue weighted by Gasteiger charge is 2.00. The van der Waals surface area contributed by atoms with Crippen molar-refractivity contribution in [2.45, 2.75) is 6.92 Å². The standard InChI is InChI=1S/C12H14N2O2/c1-3-9-13-10-5-7-11(8-6-10)14-12(15)16-4-2/h1,5-8,13H,4,9H2,2H3,(H,14,15). The number of benzene rings is 1. The molecule has 0 saturated carbocycles. The number of hydrogen-bond donors (Lipinski definition) is 2. The van der Waals surface area contributed by atoms with Gasteiger partial charge in [0.25, 0.3) is 0 Å². The third-order valence-corrected chi connectivity index (χ3v) is 1.80. The lowest BCUT2D eigenvalue weighted by atomic mass is 10.3. The van der Waals surface area contributed by atoms with E-state index in [1.807, 2.05) is 12.1 Å². The van der Waals surface area contributed by atoms with Crippen LogP contribution in [0.3, 0.4) is 0 Å². The molecule has 0 aliphatic carbocycles. The summed E-state index contributed by atoms with van der Waals surface area (Å²) < 4.78 is 4.75. The minimum Gasteiger partial charge on any atom is -0.450 e. The predicted octanol–water partition coefficient (Wildman–Crippen LogP) is 2.30. The van der Waals surface area contributed by atoms with Crippen LogP contribution in [0.15, 0.2) is 24.3 Å². The minimum atomic E-state index is -0.452. The van der Waals surface area contributed by atoms with Crippen LogP contribution in [0.2, 0.25) is 0 Å². The molecule has 1 rings (SSSR count). The molecule has 84 valence electrons. The van der Waals surface area contributed by atoms with Gasteiger partial charge in [-0.2, -0.15) is 0 Å². The second-order valence-electron chi connectivity index (χ2n) is 2.98. The Morgan fingerprint density at radius 1 is 1.38 bits per heavy atom. The van der Waals surface area contributed by atoms with Crippen molar-refractivity contribution in [1.82, 2.24) is 0 Å². The molecule has 0 fully saturated rings. The first-order valence-electron chi connectivity index (χ1n) is 4.97. The Hall–Kier alpha value is -2.15. The number of rotatable bonds is 4. The molecule has 0 heterocycles. The van der Waals surface area contributed by atoms with E-state index in [-0.39, 0.29) is 0 Å². The van der Waals surface area contributed by atoms with E-state index in [1.165, 1.54) is 0 Å². The first-order valence-corrected chi connectivity index (χ1v) is 4.97. The number of carbonyl (C=O) groups is 1. The highest BCUT2D eigenvalue weighted by Crippen LogP contribution is 2.13. The Morgan fingerprint density at radius 2 is 2.00 bits per heavy atom. The van der Waals surface area contributed by atoms with Crippen LogP contribution in [-0.2, 0) is 4.74 Å². The van der Waals surface area contributed by atoms with Crippen LogP contribution in [0.4, 0.5) is 16.2 Å². The van der Waals surface area contributed by atoms with Crippen LogP contribution in [0.25, 0.3) is 0 Å². The normalized spacial score (nSPS) is 9.00. The molecule has 0 aromatic heterocycles. The molecule has 0 spiro atoms. The van der Waals surface area contributed by atoms with Gasteiger partial charge in [0.2, 0.25) is 0 Å². The van der Waals surface area contributed by atoms with Crippen molar-refractivity contribution < 1.29 is 9.53 Å². The molecule has 0 bridgehead atoms. The summed E-state index contributed by atoms with van der Waals surface area (Å²) in [6.45, 7) is 2.59. The summed E-state index contributed by atoms with van der Waals surface area (Å²) in [6, 6.07) is 7.21. The van der Waals surface area contributed by atoms with Crippen molar-refractivity contribution in [3.8, 4) is 12.3 Å². The first-order chi connectivity index (χ1) is 7.76. The highest BCUT2D eigenvalue weighted by molar-refractivity contribution is 5.84. The maximum absolute atomic E-state index is 11.1. The van der Waals surface area contributed by atoms with E-state index in [0.717, 1.165) is 5.69 Å². The summed E-state index contributed by atoms with van der Waals surface area (Å²) in [5.41, 5.74) is 1.59. The minimum absolute atomic E-state index is 0.355. The van der Waals surface area contributed by atoms with Crippen molar-refractivity contribution in [3.63, 3.8) is 0 Å². The second kappa shape index (κ2) is 6.36. The number of nitrogens with one attached hydrogen (secondary N) is 2. The maximum atomic E-state index is 11.1. The average Bonchev–Trinajstić information content (AvgIpc) is 2.28. The summed E-state index contributed by atoms with van der Waals surface area (Å²) in [5, 5.41) is 5.62. The number of carbonyl (C=O) groups excluding carboxylic acids is 1. The third kappa shape index (κ3) is 3.93. The fourth-order valence-corrected chi connectivity index (χ4v) is 1.11. The van der Waals surface area contributed by atoms with E-state index >= 15 is 0 Å². The summed E-state index contributed by atoms with van der Waals surface area (Å²) in [7, 11) is 0. The van der Waals surface area contributed by atoms with Crippen LogP contribution in [0.5, 0.6) is 0 Å². The second-order valence-corrected chi connectivity index (χ2v) is 2.98. The zero-order valence-electron chi connectivity index (χ0n) is 9.12. The number of anilines is 2. The van der Waals surface area contributed by atoms with Crippen LogP contribution in [0, 0.1) is 12.3 Å². The Balaban J connectivity index is 2.51. The summed E-state index contributed by atoms with van der Waals surface area (Å²) in [5.74, 6) is 2.48. The average molecular weight is 218 g/mol. The molecule has 1 aromatic rings. The molecule has 4 nitrogen and oxygen atoms in total. The van der Waals surface area contributed by atoms with Gasteiger partial charge in [-0.15, -0.1) is 6.42 Å². The topological polar surface area (TPSA) is 50.4 Å². The first kappa shape index (κ1) is 11.9. The van der Waals surface area contributed by atoms with Gasteiger partial charge >= 0.3 is 6.09 Å². The Bertz CT molecular complexity index is 379. The van der Waals surface area contributed by atoms with E-state index in [9.17, 15) is 4.79 Å². The lowest BCUT2D eigenvalue weighted by Gasteiger charge is -2.06. The SMILES string of the molecule is C#CCNc1ccc(NC(=O)OCC)cc1. The van der Waals surface area contributed by atoms with E-state index in [2.05, 4.69) is 16.6 Å². The Labute approximate surface area is 95.0 Å². The van der Waals surface area contributed by atoms with Gasteiger partial charge in [0.05, 0.1) is 13.2 Å². The lowest BCUT2D eigenvalue weighted by Crippen LogP contribution is -2.13. The van der Waals surface area contributed by atoms with E-state index in [4.69, 9.17) is 11.2 Å². The van der Waals surface area contributed by atoms with Crippen molar-refractivity contribution in [2.24, 2.45) is 0 Å². The molecule has 1 aromatic carbocycles. The highest BCUT2D eigenvalue weighted by atomic mass is 16.5. The molecule has 1 amide bonds. The zero-order valence-corrected chi connectivity index (χ0v) is 9.12. The van der Waals surface area contributed by atoms with Gasteiger partial charge in [0.15, 0.2) is 0 Å². The van der Waals surface area contributed by atoms with Crippen molar-refractivity contribution in [2.75, 3.05) is 23.8 Å². The molecule has 0 aliphatic heterocycles. The van der Waals surface area contributed by atoms with Gasteiger partial charge in [-0.1, -0.05) is 5.92 Å². The van der Waals surface area contributed by atoms with Crippen molar-refractivity contribution >= 4 is 17.5 Å². The largest absolute Gasteiger partial charge is 0.450 e. The van der Waals surface area contributed by atoms with Crippen molar-refractivity contribution in [3.05, 3.63) is 24.3 Å². The van der Waals surface area contributed by atoms with Crippen LogP contribution < -0.4 is 10.6 Å². The molecule has 0 saturated heterocycles. The van der Waals surface area contributed by atoms with E-state index in [0.29, 0.717) is 18.8 Å². The third-order valence-electron chi connectivity index (χ3n) is 1.80. The fraction of sp³-hybridized carbons (Fsp3) is 0.250. The fourth-order valence-electron chi connectivity index (χ4n) is 1.11. The Kier molecular flexibility index (Phi) is 4.74. The summed E-state index contributed by atoms with van der Waals surface area (Å²) in [6.07, 6.45) is 4.67. The van der Waals surface area contributed by atoms with Gasteiger partial charge in [-0.05, 0) is 31.2 Å². The number of amides is 1. The summed E-state index contributed by atoms with van der Waals surface area (Å²) in [4.78, 5) is 11.1. The number of hydrogen-bond acceptors (Lipinski definition) is 3. The van der Waals surface area contributed by atoms with Gasteiger partial charge in [-0.25, -0.2) is 4.79 Å². The Morgan fingerprint density at radius 3 is 2.56 bits per heavy atom. The smallest absolute Gasteiger partial charge is 0.411 e. The molecule has 4 heteroatoms. The van der Waals surface area contributed by atoms with Crippen LogP contribution >= 0.6 is 0 Å². The molecule has 0 atom stereocenters. The molecule has 0 unspecified atom stereocenters. The van der Waals surface area contributed by atoms with Crippen LogP contribution in [-0.4, -0.2) is 19.2 Å². The molecule has 16 heavy (non-hydrogen) atoms. The van der Waals surface area contributed by atoms with Gasteiger partial charge in [0.1, 0.15) is 0 Å². The molecule has 0 radical (unpaired) electrons. The van der Waals surface area contributed by atoms with Gasteiger partial charge in [0, 0.05) is 11.4 Å². The quantitative estimate of drug-likeness (QED) is 0.762.